The van der Waals surface area contributed by atoms with Crippen LogP contribution >= 0.6 is 11.9 Å². The van der Waals surface area contributed by atoms with Gasteiger partial charge in [0.25, 0.3) is 0 Å². The molecule has 0 amide bonds. The number of aryl methyl sites for hydroxylation is 2. The third-order valence-corrected chi connectivity index (χ3v) is 6.70. The number of rotatable bonds is 6. The zero-order valence-corrected chi connectivity index (χ0v) is 18.2. The van der Waals surface area contributed by atoms with Crippen molar-refractivity contribution in [2.75, 3.05) is 0 Å². The summed E-state index contributed by atoms with van der Waals surface area (Å²) in [7, 11) is 0. The molecule has 0 spiro atoms. The Balaban J connectivity index is 1.82. The molecule has 1 fully saturated rings. The first-order valence-electron chi connectivity index (χ1n) is 10.5. The first kappa shape index (κ1) is 20.0. The van der Waals surface area contributed by atoms with E-state index in [-0.39, 0.29) is 0 Å². The quantitative estimate of drug-likeness (QED) is 0.404. The minimum atomic E-state index is 0.678. The van der Waals surface area contributed by atoms with Gasteiger partial charge in [-0.2, -0.15) is 0 Å². The third kappa shape index (κ3) is 4.83. The van der Waals surface area contributed by atoms with Crippen LogP contribution in [0.5, 0.6) is 0 Å². The molecule has 0 atom stereocenters. The molecule has 1 nitrogen and oxygen atoms in total. The molecule has 4 rings (SSSR count). The predicted molar refractivity (Wildman–Crippen MR) is 128 cm³/mol. The summed E-state index contributed by atoms with van der Waals surface area (Å²) in [5.74, 6) is 0. The van der Waals surface area contributed by atoms with Gasteiger partial charge in [-0.1, -0.05) is 61.2 Å². The van der Waals surface area contributed by atoms with Crippen LogP contribution in [0, 0.1) is 6.92 Å². The maximum atomic E-state index is 3.85. The summed E-state index contributed by atoms with van der Waals surface area (Å²) < 4.78 is 3.61. The summed E-state index contributed by atoms with van der Waals surface area (Å²) in [6.45, 7) is 8.28. The zero-order chi connectivity index (χ0) is 20.2. The molecule has 1 saturated carbocycles. The normalized spacial score (nSPS) is 18.2. The van der Waals surface area contributed by atoms with Gasteiger partial charge in [0.05, 0.1) is 0 Å². The predicted octanol–water partition coefficient (Wildman–Crippen LogP) is 7.30. The van der Waals surface area contributed by atoms with Crippen molar-refractivity contribution in [3.8, 4) is 0 Å². The molecule has 0 aliphatic heterocycles. The van der Waals surface area contributed by atoms with Crippen LogP contribution < -0.4 is 4.72 Å². The Kier molecular flexibility index (Phi) is 6.22. The summed E-state index contributed by atoms with van der Waals surface area (Å²) in [5.41, 5.74) is 9.46. The van der Waals surface area contributed by atoms with E-state index >= 15 is 0 Å². The fourth-order valence-electron chi connectivity index (χ4n) is 3.76. The van der Waals surface area contributed by atoms with Crippen molar-refractivity contribution in [1.82, 2.24) is 4.72 Å². The van der Waals surface area contributed by atoms with Crippen LogP contribution in [0.25, 0.3) is 11.6 Å². The first-order chi connectivity index (χ1) is 14.2. The summed E-state index contributed by atoms with van der Waals surface area (Å²) in [5, 5.41) is 0. The van der Waals surface area contributed by atoms with Crippen LogP contribution in [0.15, 0.2) is 83.3 Å². The first-order valence-corrected chi connectivity index (χ1v) is 11.3. The minimum Gasteiger partial charge on any atom is -0.257 e. The largest absolute Gasteiger partial charge is 0.257 e. The van der Waals surface area contributed by atoms with Crippen LogP contribution in [0.3, 0.4) is 0 Å². The Morgan fingerprint density at radius 1 is 1.07 bits per heavy atom. The van der Waals surface area contributed by atoms with E-state index in [0.717, 1.165) is 12.8 Å². The maximum absolute atomic E-state index is 3.85. The third-order valence-electron chi connectivity index (χ3n) is 5.67. The average Bonchev–Trinajstić information content (AvgIpc) is 3.56. The molecule has 0 radical (unpaired) electrons. The van der Waals surface area contributed by atoms with Crippen molar-refractivity contribution in [2.45, 2.75) is 50.5 Å². The minimum absolute atomic E-state index is 0.678. The van der Waals surface area contributed by atoms with Crippen LogP contribution in [0.2, 0.25) is 0 Å². The van der Waals surface area contributed by atoms with E-state index in [0.29, 0.717) is 6.04 Å². The summed E-state index contributed by atoms with van der Waals surface area (Å²) in [6, 6.07) is 16.3. The van der Waals surface area contributed by atoms with Gasteiger partial charge in [-0.15, -0.1) is 0 Å². The molecule has 2 aliphatic rings. The molecule has 2 heteroatoms. The zero-order valence-electron chi connectivity index (χ0n) is 17.4. The number of benzene rings is 2. The molecule has 2 aromatic carbocycles. The van der Waals surface area contributed by atoms with Gasteiger partial charge in [0, 0.05) is 10.9 Å². The van der Waals surface area contributed by atoms with Gasteiger partial charge in [0.2, 0.25) is 0 Å². The highest BCUT2D eigenvalue weighted by Gasteiger charge is 2.21. The van der Waals surface area contributed by atoms with Crippen LogP contribution in [-0.2, 0) is 6.42 Å². The summed E-state index contributed by atoms with van der Waals surface area (Å²) in [4.78, 5) is 1.31. The number of hydrogen-bond acceptors (Lipinski definition) is 2. The lowest BCUT2D eigenvalue weighted by atomic mass is 9.92. The highest BCUT2D eigenvalue weighted by molar-refractivity contribution is 7.97. The molecule has 0 bridgehead atoms. The Morgan fingerprint density at radius 3 is 2.69 bits per heavy atom. The van der Waals surface area contributed by atoms with Gasteiger partial charge < -0.3 is 0 Å². The maximum Gasteiger partial charge on any atom is 0.0303 e. The fraction of sp³-hybridized carbons (Fsp3) is 0.259. The second-order valence-corrected chi connectivity index (χ2v) is 8.88. The van der Waals surface area contributed by atoms with Gasteiger partial charge in [-0.25, -0.2) is 0 Å². The molecule has 2 aromatic rings. The van der Waals surface area contributed by atoms with Crippen molar-refractivity contribution in [2.24, 2.45) is 0 Å². The number of allylic oxidation sites excluding steroid dienone is 6. The lowest BCUT2D eigenvalue weighted by Gasteiger charge is -2.14. The lowest BCUT2D eigenvalue weighted by Crippen LogP contribution is -2.05. The number of hydrogen-bond donors (Lipinski definition) is 1. The second-order valence-electron chi connectivity index (χ2n) is 8.00. The van der Waals surface area contributed by atoms with E-state index in [9.17, 15) is 0 Å². The molecule has 1 N–H and O–H groups in total. The molecular weight excluding hydrogens is 370 g/mol. The van der Waals surface area contributed by atoms with E-state index in [1.54, 1.807) is 11.9 Å². The second kappa shape index (κ2) is 9.02. The average molecular weight is 400 g/mol. The smallest absolute Gasteiger partial charge is 0.0303 e. The molecule has 0 heterocycles. The van der Waals surface area contributed by atoms with Crippen molar-refractivity contribution in [3.63, 3.8) is 0 Å². The van der Waals surface area contributed by atoms with Crippen molar-refractivity contribution >= 4 is 23.6 Å². The Hall–Kier alpha value is -2.29. The van der Waals surface area contributed by atoms with E-state index < -0.39 is 0 Å². The molecule has 29 heavy (non-hydrogen) atoms. The van der Waals surface area contributed by atoms with Crippen molar-refractivity contribution < 1.29 is 0 Å². The van der Waals surface area contributed by atoms with E-state index in [1.807, 2.05) is 6.08 Å². The summed E-state index contributed by atoms with van der Waals surface area (Å²) in [6.07, 6.45) is 13.2. The van der Waals surface area contributed by atoms with Gasteiger partial charge in [0.15, 0.2) is 0 Å². The van der Waals surface area contributed by atoms with Crippen LogP contribution in [0.4, 0.5) is 0 Å². The number of nitrogens with one attached hydrogen (secondary N) is 1. The Labute approximate surface area is 179 Å². The van der Waals surface area contributed by atoms with E-state index in [1.165, 1.54) is 56.7 Å². The Bertz CT molecular complexity index is 1000. The Morgan fingerprint density at radius 2 is 1.90 bits per heavy atom. The van der Waals surface area contributed by atoms with Gasteiger partial charge >= 0.3 is 0 Å². The lowest BCUT2D eigenvalue weighted by molar-refractivity contribution is 0.965. The highest BCUT2D eigenvalue weighted by Crippen LogP contribution is 2.37. The monoisotopic (exact) mass is 399 g/mol. The highest BCUT2D eigenvalue weighted by atomic mass is 32.2. The SMILES string of the molecule is C=C/C=C\C1=C(C)C(=C\c2ccc(C)cc2SNC2CC2)/c2ccccc2CC1. The number of fused-ring (bicyclic) bond motifs is 1. The standard InChI is InChI=1S/C27H29NS/c1-4-5-8-21-13-14-22-9-6-7-10-25(22)26(20(21)3)18-23-12-11-19(2)17-27(23)29-28-24-15-16-24/h4-12,17-18,24,28H,1,13-16H2,2-3H3/b8-5-,26-18+. The van der Waals surface area contributed by atoms with E-state index in [2.05, 4.69) is 85.8 Å². The van der Waals surface area contributed by atoms with Crippen molar-refractivity contribution in [3.05, 3.63) is 101 Å². The molecule has 2 aliphatic carbocycles. The molecule has 0 unspecified atom stereocenters. The van der Waals surface area contributed by atoms with Gasteiger partial charge in [-0.05, 0) is 103 Å². The molecule has 0 saturated heterocycles. The topological polar surface area (TPSA) is 12.0 Å². The molecule has 148 valence electrons. The fourth-order valence-corrected chi connectivity index (χ4v) is 4.78. The molecule has 0 aromatic heterocycles. The van der Waals surface area contributed by atoms with E-state index in [4.69, 9.17) is 0 Å². The summed E-state index contributed by atoms with van der Waals surface area (Å²) >= 11 is 1.78. The van der Waals surface area contributed by atoms with Crippen molar-refractivity contribution in [1.29, 1.82) is 0 Å². The van der Waals surface area contributed by atoms with Gasteiger partial charge in [-0.3, -0.25) is 4.72 Å². The van der Waals surface area contributed by atoms with Gasteiger partial charge in [0.1, 0.15) is 0 Å². The van der Waals surface area contributed by atoms with Crippen LogP contribution in [0.1, 0.15) is 48.4 Å². The van der Waals surface area contributed by atoms with Crippen LogP contribution in [-0.4, -0.2) is 6.04 Å². The molecular formula is C27H29NS.